The van der Waals surface area contributed by atoms with Gasteiger partial charge in [-0.2, -0.15) is 0 Å². The van der Waals surface area contributed by atoms with E-state index in [1.165, 1.54) is 14.2 Å². The average molecular weight is 427 g/mol. The van der Waals surface area contributed by atoms with E-state index in [2.05, 4.69) is 10.6 Å². The summed E-state index contributed by atoms with van der Waals surface area (Å²) in [5.41, 5.74) is 1.42. The monoisotopic (exact) mass is 427 g/mol. The smallest absolute Gasteiger partial charge is 0.325 e. The van der Waals surface area contributed by atoms with Gasteiger partial charge in [-0.15, -0.1) is 0 Å². The molecule has 0 aliphatic carbocycles. The third-order valence-corrected chi connectivity index (χ3v) is 5.00. The first-order valence-corrected chi connectivity index (χ1v) is 9.74. The minimum Gasteiger partial charge on any atom is -0.493 e. The van der Waals surface area contributed by atoms with Gasteiger partial charge in [-0.3, -0.25) is 14.5 Å². The van der Waals surface area contributed by atoms with Crippen molar-refractivity contribution < 1.29 is 29.0 Å². The van der Waals surface area contributed by atoms with Gasteiger partial charge in [0.15, 0.2) is 11.5 Å². The number of benzene rings is 2. The molecule has 0 bridgehead atoms. The molecule has 164 valence electrons. The second-order valence-electron chi connectivity index (χ2n) is 7.03. The third kappa shape index (κ3) is 5.13. The Bertz CT molecular complexity index is 950. The molecule has 31 heavy (non-hydrogen) atoms. The minimum atomic E-state index is -0.970. The number of amides is 4. The normalized spacial score (nSPS) is 16.6. The van der Waals surface area contributed by atoms with Crippen molar-refractivity contribution in [2.75, 3.05) is 20.8 Å². The lowest BCUT2D eigenvalue weighted by atomic mass is 10.1. The number of hydrogen-bond donors (Lipinski definition) is 3. The molecule has 2 aromatic rings. The summed E-state index contributed by atoms with van der Waals surface area (Å²) in [7, 11) is 3.02. The Morgan fingerprint density at radius 2 is 1.84 bits per heavy atom. The highest BCUT2D eigenvalue weighted by Crippen LogP contribution is 2.28. The van der Waals surface area contributed by atoms with Crippen molar-refractivity contribution in [3.8, 4) is 11.5 Å². The topological polar surface area (TPSA) is 117 Å². The molecule has 1 saturated heterocycles. The summed E-state index contributed by atoms with van der Waals surface area (Å²) in [6.45, 7) is -0.251. The maximum Gasteiger partial charge on any atom is 0.325 e. The fraction of sp³-hybridized carbons (Fsp3) is 0.318. The van der Waals surface area contributed by atoms with Crippen LogP contribution in [0.2, 0.25) is 0 Å². The first-order chi connectivity index (χ1) is 15.0. The van der Waals surface area contributed by atoms with Gasteiger partial charge in [0.2, 0.25) is 5.91 Å². The zero-order chi connectivity index (χ0) is 22.4. The standard InChI is InChI=1S/C22H25N3O6/c1-30-18-9-8-14(10-19(18)31-2)12-25-21(28)16(24-22(25)29)11-20(27)23-17(13-26)15-6-4-3-5-7-15/h3-10,16-17,26H,11-13H2,1-2H3,(H,23,27)(H,24,29)/t16-,17-/m1/s1. The molecule has 1 aliphatic rings. The van der Waals surface area contributed by atoms with Crippen molar-refractivity contribution in [3.63, 3.8) is 0 Å². The number of urea groups is 1. The van der Waals surface area contributed by atoms with Crippen molar-refractivity contribution in [1.82, 2.24) is 15.5 Å². The molecule has 0 aromatic heterocycles. The molecule has 1 heterocycles. The van der Waals surface area contributed by atoms with Crippen LogP contribution in [0.1, 0.15) is 23.6 Å². The lowest BCUT2D eigenvalue weighted by Gasteiger charge is -2.18. The van der Waals surface area contributed by atoms with E-state index in [1.807, 2.05) is 6.07 Å². The number of rotatable bonds is 9. The van der Waals surface area contributed by atoms with Gasteiger partial charge in [0.1, 0.15) is 6.04 Å². The van der Waals surface area contributed by atoms with Crippen molar-refractivity contribution in [2.24, 2.45) is 0 Å². The predicted molar refractivity (Wildman–Crippen MR) is 111 cm³/mol. The summed E-state index contributed by atoms with van der Waals surface area (Å²) in [6, 6.07) is 12.0. The number of imide groups is 1. The maximum absolute atomic E-state index is 12.7. The fourth-order valence-electron chi connectivity index (χ4n) is 3.38. The Hall–Kier alpha value is -3.59. The Labute approximate surface area is 179 Å². The highest BCUT2D eigenvalue weighted by Gasteiger charge is 2.39. The molecule has 4 amide bonds. The number of carbonyl (C=O) groups excluding carboxylic acids is 3. The summed E-state index contributed by atoms with van der Waals surface area (Å²) < 4.78 is 10.4. The Morgan fingerprint density at radius 3 is 2.48 bits per heavy atom. The number of aliphatic hydroxyl groups is 1. The van der Waals surface area contributed by atoms with Gasteiger partial charge in [0, 0.05) is 0 Å². The first-order valence-electron chi connectivity index (χ1n) is 9.74. The van der Waals surface area contributed by atoms with Crippen LogP contribution in [0.25, 0.3) is 0 Å². The molecule has 1 aliphatic heterocycles. The molecule has 9 nitrogen and oxygen atoms in total. The Balaban J connectivity index is 1.63. The van der Waals surface area contributed by atoms with Crippen LogP contribution in [0, 0.1) is 0 Å². The lowest BCUT2D eigenvalue weighted by Crippen LogP contribution is -2.38. The van der Waals surface area contributed by atoms with Gasteiger partial charge in [-0.1, -0.05) is 36.4 Å². The number of hydrogen-bond acceptors (Lipinski definition) is 6. The van der Waals surface area contributed by atoms with Crippen LogP contribution in [0.5, 0.6) is 11.5 Å². The largest absolute Gasteiger partial charge is 0.493 e. The molecular weight excluding hydrogens is 402 g/mol. The highest BCUT2D eigenvalue weighted by atomic mass is 16.5. The quantitative estimate of drug-likeness (QED) is 0.521. The third-order valence-electron chi connectivity index (χ3n) is 5.00. The second kappa shape index (κ2) is 9.94. The fourth-order valence-corrected chi connectivity index (χ4v) is 3.38. The highest BCUT2D eigenvalue weighted by molar-refractivity contribution is 6.05. The SMILES string of the molecule is COc1ccc(CN2C(=O)N[C@H](CC(=O)N[C@H](CO)c3ccccc3)C2=O)cc1OC. The number of carbonyl (C=O) groups is 3. The Kier molecular flexibility index (Phi) is 7.09. The maximum atomic E-state index is 12.7. The predicted octanol–water partition coefficient (Wildman–Crippen LogP) is 1.36. The number of nitrogens with zero attached hydrogens (tertiary/aromatic N) is 1. The zero-order valence-corrected chi connectivity index (χ0v) is 17.3. The van der Waals surface area contributed by atoms with Gasteiger partial charge in [0.05, 0.1) is 39.8 Å². The van der Waals surface area contributed by atoms with Crippen LogP contribution in [-0.2, 0) is 16.1 Å². The zero-order valence-electron chi connectivity index (χ0n) is 17.3. The van der Waals surface area contributed by atoms with E-state index in [4.69, 9.17) is 9.47 Å². The number of nitrogens with one attached hydrogen (secondary N) is 2. The van der Waals surface area contributed by atoms with E-state index in [0.717, 1.165) is 10.5 Å². The van der Waals surface area contributed by atoms with Crippen LogP contribution in [0.15, 0.2) is 48.5 Å². The van der Waals surface area contributed by atoms with Gasteiger partial charge < -0.3 is 25.2 Å². The van der Waals surface area contributed by atoms with Crippen LogP contribution < -0.4 is 20.1 Å². The second-order valence-corrected chi connectivity index (χ2v) is 7.03. The van der Waals surface area contributed by atoms with Crippen molar-refractivity contribution in [3.05, 3.63) is 59.7 Å². The van der Waals surface area contributed by atoms with Crippen molar-refractivity contribution >= 4 is 17.8 Å². The van der Waals surface area contributed by atoms with Gasteiger partial charge in [0.25, 0.3) is 5.91 Å². The summed E-state index contributed by atoms with van der Waals surface area (Å²) in [5.74, 6) is 0.0819. The van der Waals surface area contributed by atoms with E-state index in [9.17, 15) is 19.5 Å². The molecule has 0 saturated carbocycles. The van der Waals surface area contributed by atoms with Crippen LogP contribution in [-0.4, -0.2) is 54.7 Å². The molecule has 0 unspecified atom stereocenters. The van der Waals surface area contributed by atoms with Crippen LogP contribution >= 0.6 is 0 Å². The van der Waals surface area contributed by atoms with Gasteiger partial charge >= 0.3 is 6.03 Å². The average Bonchev–Trinajstić information content (AvgIpc) is 3.05. The van der Waals surface area contributed by atoms with E-state index < -0.39 is 29.9 Å². The minimum absolute atomic E-state index is 0.0341. The summed E-state index contributed by atoms with van der Waals surface area (Å²) in [5, 5.41) is 14.8. The van der Waals surface area contributed by atoms with Crippen LogP contribution in [0.4, 0.5) is 4.79 Å². The van der Waals surface area contributed by atoms with Gasteiger partial charge in [-0.25, -0.2) is 4.79 Å². The molecule has 3 rings (SSSR count). The summed E-state index contributed by atoms with van der Waals surface area (Å²) in [4.78, 5) is 38.5. The molecule has 0 spiro atoms. The molecular formula is C22H25N3O6. The lowest BCUT2D eigenvalue weighted by molar-refractivity contribution is -0.131. The first kappa shape index (κ1) is 22.1. The molecule has 2 atom stereocenters. The van der Waals surface area contributed by atoms with E-state index in [0.29, 0.717) is 17.1 Å². The van der Waals surface area contributed by atoms with E-state index >= 15 is 0 Å². The van der Waals surface area contributed by atoms with Crippen LogP contribution in [0.3, 0.4) is 0 Å². The van der Waals surface area contributed by atoms with Gasteiger partial charge in [-0.05, 0) is 23.3 Å². The van der Waals surface area contributed by atoms with E-state index in [-0.39, 0.29) is 19.6 Å². The van der Waals surface area contributed by atoms with Crippen molar-refractivity contribution in [2.45, 2.75) is 25.0 Å². The molecule has 1 fully saturated rings. The number of ether oxygens (including phenoxy) is 2. The Morgan fingerprint density at radius 1 is 1.13 bits per heavy atom. The number of methoxy groups -OCH3 is 2. The molecule has 2 aromatic carbocycles. The molecule has 3 N–H and O–H groups in total. The molecule has 9 heteroatoms. The van der Waals surface area contributed by atoms with Crippen molar-refractivity contribution in [1.29, 1.82) is 0 Å². The summed E-state index contributed by atoms with van der Waals surface area (Å²) in [6.07, 6.45) is -0.226. The molecule has 0 radical (unpaired) electrons. The van der Waals surface area contributed by atoms with E-state index in [1.54, 1.807) is 42.5 Å². The number of aliphatic hydroxyl groups excluding tert-OH is 1. The summed E-state index contributed by atoms with van der Waals surface area (Å²) >= 11 is 0.